The van der Waals surface area contributed by atoms with E-state index in [1.165, 1.54) is 13.8 Å². The fourth-order valence-corrected chi connectivity index (χ4v) is 1.73. The molecule has 0 amide bonds. The normalized spacial score (nSPS) is 11.2. The van der Waals surface area contributed by atoms with E-state index in [0.717, 1.165) is 5.57 Å². The highest BCUT2D eigenvalue weighted by Crippen LogP contribution is 2.30. The molecule has 1 aromatic rings. The van der Waals surface area contributed by atoms with Gasteiger partial charge in [0.05, 0.1) is 6.10 Å². The number of benzene rings is 1. The van der Waals surface area contributed by atoms with Gasteiger partial charge in [-0.2, -0.15) is 0 Å². The van der Waals surface area contributed by atoms with Gasteiger partial charge in [0.2, 0.25) is 0 Å². The average molecular weight is 308 g/mol. The lowest BCUT2D eigenvalue weighted by molar-refractivity contribution is -0.152. The molecule has 5 heteroatoms. The van der Waals surface area contributed by atoms with Crippen LogP contribution in [-0.2, 0) is 4.79 Å². The molecule has 0 saturated heterocycles. The second kappa shape index (κ2) is 6.73. The van der Waals surface area contributed by atoms with Crippen LogP contribution in [0.1, 0.15) is 47.1 Å². The lowest BCUT2D eigenvalue weighted by Crippen LogP contribution is -2.37. The highest BCUT2D eigenvalue weighted by Gasteiger charge is 2.29. The first kappa shape index (κ1) is 17.9. The predicted octanol–water partition coefficient (Wildman–Crippen LogP) is 4.02. The second-order valence-electron chi connectivity index (χ2n) is 6.13. The zero-order valence-corrected chi connectivity index (χ0v) is 13.9. The van der Waals surface area contributed by atoms with Crippen molar-refractivity contribution >= 4 is 11.7 Å². The fraction of sp³-hybridized carbons (Fsp3) is 0.471. The Morgan fingerprint density at radius 1 is 1.09 bits per heavy atom. The van der Waals surface area contributed by atoms with Crippen molar-refractivity contribution in [2.24, 2.45) is 0 Å². The molecule has 0 fully saturated rings. The topological polar surface area (TPSA) is 76.0 Å². The van der Waals surface area contributed by atoms with Gasteiger partial charge in [0.1, 0.15) is 17.3 Å². The summed E-state index contributed by atoms with van der Waals surface area (Å²) in [6, 6.07) is 4.91. The fourth-order valence-electron chi connectivity index (χ4n) is 1.73. The van der Waals surface area contributed by atoms with Crippen molar-refractivity contribution in [2.45, 2.75) is 53.2 Å². The van der Waals surface area contributed by atoms with E-state index >= 15 is 0 Å². The molecule has 22 heavy (non-hydrogen) atoms. The van der Waals surface area contributed by atoms with Gasteiger partial charge in [-0.25, -0.2) is 4.79 Å². The van der Waals surface area contributed by atoms with Crippen LogP contribution in [-0.4, -0.2) is 27.9 Å². The molecule has 1 rings (SSSR count). The molecule has 0 unspecified atom stereocenters. The van der Waals surface area contributed by atoms with Gasteiger partial charge in [0.15, 0.2) is 5.60 Å². The zero-order chi connectivity index (χ0) is 17.1. The van der Waals surface area contributed by atoms with E-state index in [0.29, 0.717) is 17.1 Å². The maximum atomic E-state index is 11.2. The van der Waals surface area contributed by atoms with Gasteiger partial charge in [-0.3, -0.25) is 0 Å². The van der Waals surface area contributed by atoms with Crippen LogP contribution in [0, 0.1) is 0 Å². The van der Waals surface area contributed by atoms with Gasteiger partial charge in [-0.15, -0.1) is 0 Å². The molecule has 0 bridgehead atoms. The Bertz CT molecular complexity index is 581. The Morgan fingerprint density at radius 2 is 1.64 bits per heavy atom. The molecule has 0 aliphatic rings. The van der Waals surface area contributed by atoms with E-state index in [1.54, 1.807) is 32.0 Å². The minimum Gasteiger partial charge on any atom is -0.507 e. The van der Waals surface area contributed by atoms with Gasteiger partial charge in [-0.05, 0) is 59.2 Å². The SMILES string of the molecule is CC(C)=C(O)c1cc(OC(C)C)cc(OC(C)(C)C(=O)O)c1. The number of aliphatic carboxylic acids is 1. The quantitative estimate of drug-likeness (QED) is 0.776. The summed E-state index contributed by atoms with van der Waals surface area (Å²) in [6.07, 6.45) is -0.0515. The van der Waals surface area contributed by atoms with Gasteiger partial charge >= 0.3 is 5.97 Å². The number of allylic oxidation sites excluding steroid dienone is 1. The molecule has 0 radical (unpaired) electrons. The zero-order valence-electron chi connectivity index (χ0n) is 13.9. The van der Waals surface area contributed by atoms with Crippen molar-refractivity contribution in [3.63, 3.8) is 0 Å². The molecule has 0 aromatic heterocycles. The van der Waals surface area contributed by atoms with Crippen LogP contribution in [0.3, 0.4) is 0 Å². The second-order valence-corrected chi connectivity index (χ2v) is 6.13. The monoisotopic (exact) mass is 308 g/mol. The Labute approximate surface area is 131 Å². The minimum absolute atomic E-state index is 0.0515. The van der Waals surface area contributed by atoms with Crippen molar-refractivity contribution in [3.05, 3.63) is 29.3 Å². The number of hydrogen-bond donors (Lipinski definition) is 2. The van der Waals surface area contributed by atoms with E-state index in [4.69, 9.17) is 14.6 Å². The van der Waals surface area contributed by atoms with E-state index in [2.05, 4.69) is 0 Å². The van der Waals surface area contributed by atoms with Gasteiger partial charge in [-0.1, -0.05) is 0 Å². The predicted molar refractivity (Wildman–Crippen MR) is 85.4 cm³/mol. The van der Waals surface area contributed by atoms with Gasteiger partial charge < -0.3 is 19.7 Å². The van der Waals surface area contributed by atoms with Crippen molar-refractivity contribution in [3.8, 4) is 11.5 Å². The van der Waals surface area contributed by atoms with Crippen LogP contribution >= 0.6 is 0 Å². The van der Waals surface area contributed by atoms with Crippen molar-refractivity contribution in [1.82, 2.24) is 0 Å². The van der Waals surface area contributed by atoms with E-state index in [9.17, 15) is 9.90 Å². The molecule has 5 nitrogen and oxygen atoms in total. The Kier molecular flexibility index (Phi) is 5.47. The third-order valence-corrected chi connectivity index (χ3v) is 2.89. The van der Waals surface area contributed by atoms with E-state index in [-0.39, 0.29) is 11.9 Å². The smallest absolute Gasteiger partial charge is 0.347 e. The molecular formula is C17H24O5. The summed E-state index contributed by atoms with van der Waals surface area (Å²) in [5.41, 5.74) is -0.117. The van der Waals surface area contributed by atoms with Gasteiger partial charge in [0, 0.05) is 11.6 Å². The number of carbonyl (C=O) groups is 1. The first-order valence-corrected chi connectivity index (χ1v) is 7.14. The van der Waals surface area contributed by atoms with Gasteiger partial charge in [0.25, 0.3) is 0 Å². The largest absolute Gasteiger partial charge is 0.507 e. The van der Waals surface area contributed by atoms with Crippen LogP contribution in [0.25, 0.3) is 5.76 Å². The maximum absolute atomic E-state index is 11.2. The highest BCUT2D eigenvalue weighted by atomic mass is 16.5. The van der Waals surface area contributed by atoms with Crippen molar-refractivity contribution in [2.75, 3.05) is 0 Å². The number of ether oxygens (including phenoxy) is 2. The van der Waals surface area contributed by atoms with Crippen molar-refractivity contribution in [1.29, 1.82) is 0 Å². The molecule has 0 atom stereocenters. The van der Waals surface area contributed by atoms with E-state index < -0.39 is 11.6 Å². The molecule has 1 aromatic carbocycles. The van der Waals surface area contributed by atoms with Crippen LogP contribution in [0.5, 0.6) is 11.5 Å². The summed E-state index contributed by atoms with van der Waals surface area (Å²) in [7, 11) is 0. The molecule has 0 spiro atoms. The van der Waals surface area contributed by atoms with Crippen LogP contribution < -0.4 is 9.47 Å². The third kappa shape index (κ3) is 4.69. The lowest BCUT2D eigenvalue weighted by atomic mass is 10.1. The standard InChI is InChI=1S/C17H24O5/c1-10(2)15(18)12-7-13(21-11(3)4)9-14(8-12)22-17(5,6)16(19)20/h7-9,11,18H,1-6H3,(H,19,20). The van der Waals surface area contributed by atoms with Crippen LogP contribution in [0.2, 0.25) is 0 Å². The number of aliphatic hydroxyl groups excluding tert-OH is 1. The number of hydrogen-bond acceptors (Lipinski definition) is 4. The Hall–Kier alpha value is -2.17. The molecule has 122 valence electrons. The van der Waals surface area contributed by atoms with Crippen LogP contribution in [0.4, 0.5) is 0 Å². The summed E-state index contributed by atoms with van der Waals surface area (Å²) in [4.78, 5) is 11.2. The highest BCUT2D eigenvalue weighted by molar-refractivity contribution is 5.77. The van der Waals surface area contributed by atoms with Crippen LogP contribution in [0.15, 0.2) is 23.8 Å². The summed E-state index contributed by atoms with van der Waals surface area (Å²) >= 11 is 0. The number of rotatable bonds is 6. The summed E-state index contributed by atoms with van der Waals surface area (Å²) < 4.78 is 11.2. The first-order chi connectivity index (χ1) is 10.0. The molecule has 0 saturated carbocycles. The molecular weight excluding hydrogens is 284 g/mol. The number of carboxylic acids is 1. The summed E-state index contributed by atoms with van der Waals surface area (Å²) in [5.74, 6) is -0.118. The minimum atomic E-state index is -1.38. The molecule has 0 heterocycles. The summed E-state index contributed by atoms with van der Waals surface area (Å²) in [5, 5.41) is 19.3. The lowest BCUT2D eigenvalue weighted by Gasteiger charge is -2.23. The third-order valence-electron chi connectivity index (χ3n) is 2.89. The Balaban J connectivity index is 3.30. The number of aliphatic hydroxyl groups is 1. The first-order valence-electron chi connectivity index (χ1n) is 7.14. The van der Waals surface area contributed by atoms with E-state index in [1.807, 2.05) is 13.8 Å². The Morgan fingerprint density at radius 3 is 2.09 bits per heavy atom. The molecule has 0 aliphatic heterocycles. The number of carboxylic acid groups (broad SMARTS) is 1. The maximum Gasteiger partial charge on any atom is 0.347 e. The molecule has 2 N–H and O–H groups in total. The average Bonchev–Trinajstić information content (AvgIpc) is 2.35. The van der Waals surface area contributed by atoms with Crippen molar-refractivity contribution < 1.29 is 24.5 Å². The molecule has 0 aliphatic carbocycles. The summed E-state index contributed by atoms with van der Waals surface area (Å²) in [6.45, 7) is 10.3.